The van der Waals surface area contributed by atoms with Crippen molar-refractivity contribution >= 4 is 17.3 Å². The van der Waals surface area contributed by atoms with E-state index < -0.39 is 0 Å². The molecule has 5 heteroatoms. The molecule has 0 spiro atoms. The molecule has 2 aromatic carbocycles. The Balaban J connectivity index is 1.71. The second kappa shape index (κ2) is 7.04. The van der Waals surface area contributed by atoms with E-state index in [0.717, 1.165) is 30.3 Å². The fraction of sp³-hybridized carbons (Fsp3) is 0.238. The molecule has 0 bridgehead atoms. The van der Waals surface area contributed by atoms with Gasteiger partial charge in [-0.25, -0.2) is 4.68 Å². The minimum absolute atomic E-state index is 0.0229. The van der Waals surface area contributed by atoms with Crippen LogP contribution in [0.15, 0.2) is 67.0 Å². The summed E-state index contributed by atoms with van der Waals surface area (Å²) in [7, 11) is 0. The third kappa shape index (κ3) is 2.96. The molecule has 132 valence electrons. The second-order valence-electron chi connectivity index (χ2n) is 6.31. The van der Waals surface area contributed by atoms with Crippen LogP contribution in [0.3, 0.4) is 0 Å². The third-order valence-electron chi connectivity index (χ3n) is 4.86. The summed E-state index contributed by atoms with van der Waals surface area (Å²) in [6.45, 7) is 6.38. The average Bonchev–Trinajstić information content (AvgIpc) is 3.18. The van der Waals surface area contributed by atoms with Crippen LogP contribution in [-0.4, -0.2) is 27.9 Å². The van der Waals surface area contributed by atoms with Gasteiger partial charge in [-0.2, -0.15) is 10.1 Å². The molecule has 5 nitrogen and oxygen atoms in total. The summed E-state index contributed by atoms with van der Waals surface area (Å²) in [5.41, 5.74) is 4.65. The SMILES string of the molecule is CCN(CC)c1ccc([C@@H]2C=C(c3ccccc3)Nc3ncnn32)cc1. The summed E-state index contributed by atoms with van der Waals surface area (Å²) >= 11 is 0. The summed E-state index contributed by atoms with van der Waals surface area (Å²) in [6.07, 6.45) is 3.81. The highest BCUT2D eigenvalue weighted by molar-refractivity contribution is 5.77. The number of hydrogen-bond donors (Lipinski definition) is 1. The molecule has 26 heavy (non-hydrogen) atoms. The predicted octanol–water partition coefficient (Wildman–Crippen LogP) is 4.18. The van der Waals surface area contributed by atoms with Crippen LogP contribution in [0.5, 0.6) is 0 Å². The van der Waals surface area contributed by atoms with Crippen LogP contribution >= 0.6 is 0 Å². The van der Waals surface area contributed by atoms with Gasteiger partial charge < -0.3 is 10.2 Å². The maximum atomic E-state index is 4.42. The van der Waals surface area contributed by atoms with E-state index in [1.807, 2.05) is 22.9 Å². The molecule has 0 saturated carbocycles. The summed E-state index contributed by atoms with van der Waals surface area (Å²) in [5.74, 6) is 0.768. The molecule has 4 rings (SSSR count). The Hall–Kier alpha value is -3.08. The Morgan fingerprint density at radius 1 is 1.00 bits per heavy atom. The van der Waals surface area contributed by atoms with Gasteiger partial charge in [0.15, 0.2) is 0 Å². The Morgan fingerprint density at radius 2 is 1.73 bits per heavy atom. The van der Waals surface area contributed by atoms with Crippen LogP contribution in [0, 0.1) is 0 Å². The lowest BCUT2D eigenvalue weighted by molar-refractivity contribution is 0.612. The molecule has 2 heterocycles. The van der Waals surface area contributed by atoms with Crippen LogP contribution in [0.25, 0.3) is 5.70 Å². The molecule has 0 fully saturated rings. The number of anilines is 2. The first-order valence-electron chi connectivity index (χ1n) is 9.08. The van der Waals surface area contributed by atoms with Crippen LogP contribution < -0.4 is 10.2 Å². The van der Waals surface area contributed by atoms with Crippen LogP contribution in [-0.2, 0) is 0 Å². The van der Waals surface area contributed by atoms with Gasteiger partial charge in [0.25, 0.3) is 0 Å². The third-order valence-corrected chi connectivity index (χ3v) is 4.86. The minimum Gasteiger partial charge on any atom is -0.372 e. The molecule has 0 saturated heterocycles. The normalized spacial score (nSPS) is 15.8. The highest BCUT2D eigenvalue weighted by atomic mass is 15.4. The lowest BCUT2D eigenvalue weighted by atomic mass is 10.0. The number of aromatic nitrogens is 3. The molecule has 0 unspecified atom stereocenters. The molecule has 1 atom stereocenters. The van der Waals surface area contributed by atoms with Crippen LogP contribution in [0.1, 0.15) is 31.0 Å². The van der Waals surface area contributed by atoms with E-state index in [1.54, 1.807) is 6.33 Å². The summed E-state index contributed by atoms with van der Waals surface area (Å²) < 4.78 is 1.93. The van der Waals surface area contributed by atoms with Crippen molar-refractivity contribution < 1.29 is 0 Å². The monoisotopic (exact) mass is 345 g/mol. The zero-order chi connectivity index (χ0) is 17.9. The number of rotatable bonds is 5. The second-order valence-corrected chi connectivity index (χ2v) is 6.31. The number of nitrogens with zero attached hydrogens (tertiary/aromatic N) is 4. The number of benzene rings is 2. The van der Waals surface area contributed by atoms with Gasteiger partial charge in [-0.05, 0) is 43.2 Å². The van der Waals surface area contributed by atoms with Gasteiger partial charge in [0, 0.05) is 24.5 Å². The van der Waals surface area contributed by atoms with Crippen molar-refractivity contribution in [1.29, 1.82) is 0 Å². The molecular formula is C21H23N5. The lowest BCUT2D eigenvalue weighted by Crippen LogP contribution is -2.22. The fourth-order valence-corrected chi connectivity index (χ4v) is 3.43. The fourth-order valence-electron chi connectivity index (χ4n) is 3.43. The first-order chi connectivity index (χ1) is 12.8. The lowest BCUT2D eigenvalue weighted by Gasteiger charge is -2.25. The molecule has 3 aromatic rings. The smallest absolute Gasteiger partial charge is 0.226 e. The highest BCUT2D eigenvalue weighted by Crippen LogP contribution is 2.32. The zero-order valence-corrected chi connectivity index (χ0v) is 15.1. The van der Waals surface area contributed by atoms with E-state index >= 15 is 0 Å². The topological polar surface area (TPSA) is 46.0 Å². The van der Waals surface area contributed by atoms with Crippen molar-refractivity contribution in [2.75, 3.05) is 23.3 Å². The van der Waals surface area contributed by atoms with Gasteiger partial charge in [-0.1, -0.05) is 42.5 Å². The molecule has 0 radical (unpaired) electrons. The van der Waals surface area contributed by atoms with Crippen molar-refractivity contribution in [3.8, 4) is 0 Å². The molecule has 1 aliphatic rings. The Morgan fingerprint density at radius 3 is 2.42 bits per heavy atom. The predicted molar refractivity (Wildman–Crippen MR) is 106 cm³/mol. The van der Waals surface area contributed by atoms with E-state index in [9.17, 15) is 0 Å². The Kier molecular flexibility index (Phi) is 4.44. The molecule has 1 N–H and O–H groups in total. The first-order valence-corrected chi connectivity index (χ1v) is 9.08. The van der Waals surface area contributed by atoms with Gasteiger partial charge in [0.05, 0.1) is 0 Å². The highest BCUT2D eigenvalue weighted by Gasteiger charge is 2.23. The number of allylic oxidation sites excluding steroid dienone is 1. The van der Waals surface area contributed by atoms with Gasteiger partial charge >= 0.3 is 0 Å². The zero-order valence-electron chi connectivity index (χ0n) is 15.1. The molecular weight excluding hydrogens is 322 g/mol. The van der Waals surface area contributed by atoms with Gasteiger partial charge in [0.1, 0.15) is 12.4 Å². The summed E-state index contributed by atoms with van der Waals surface area (Å²) in [4.78, 5) is 6.72. The minimum atomic E-state index is 0.0229. The van der Waals surface area contributed by atoms with Crippen molar-refractivity contribution in [3.05, 3.63) is 78.1 Å². The Bertz CT molecular complexity index is 892. The summed E-state index contributed by atoms with van der Waals surface area (Å²) in [6, 6.07) is 19.1. The van der Waals surface area contributed by atoms with E-state index in [2.05, 4.69) is 76.6 Å². The number of fused-ring (bicyclic) bond motifs is 1. The van der Waals surface area contributed by atoms with E-state index in [0.29, 0.717) is 0 Å². The van der Waals surface area contributed by atoms with Crippen molar-refractivity contribution in [3.63, 3.8) is 0 Å². The molecule has 1 aromatic heterocycles. The van der Waals surface area contributed by atoms with Crippen molar-refractivity contribution in [2.45, 2.75) is 19.9 Å². The average molecular weight is 345 g/mol. The molecule has 1 aliphatic heterocycles. The standard InChI is InChI=1S/C21H23N5/c1-3-25(4-2)18-12-10-17(11-13-18)20-14-19(16-8-6-5-7-9-16)24-21-22-15-23-26(20)21/h5-15,20H,3-4H2,1-2H3,(H,22,23,24)/t20-/m0/s1. The number of hydrogen-bond acceptors (Lipinski definition) is 4. The quantitative estimate of drug-likeness (QED) is 0.753. The van der Waals surface area contributed by atoms with Crippen LogP contribution in [0.2, 0.25) is 0 Å². The van der Waals surface area contributed by atoms with Gasteiger partial charge in [-0.3, -0.25) is 0 Å². The van der Waals surface area contributed by atoms with Gasteiger partial charge in [0.2, 0.25) is 5.95 Å². The molecule has 0 amide bonds. The van der Waals surface area contributed by atoms with Crippen molar-refractivity contribution in [2.24, 2.45) is 0 Å². The van der Waals surface area contributed by atoms with Crippen molar-refractivity contribution in [1.82, 2.24) is 14.8 Å². The van der Waals surface area contributed by atoms with E-state index in [-0.39, 0.29) is 6.04 Å². The summed E-state index contributed by atoms with van der Waals surface area (Å²) in [5, 5.41) is 7.80. The maximum absolute atomic E-state index is 4.42. The van der Waals surface area contributed by atoms with E-state index in [4.69, 9.17) is 0 Å². The number of nitrogens with one attached hydrogen (secondary N) is 1. The van der Waals surface area contributed by atoms with Gasteiger partial charge in [-0.15, -0.1) is 0 Å². The largest absolute Gasteiger partial charge is 0.372 e. The Labute approximate surface area is 154 Å². The molecule has 0 aliphatic carbocycles. The van der Waals surface area contributed by atoms with E-state index in [1.165, 1.54) is 11.3 Å². The first kappa shape index (κ1) is 16.4. The van der Waals surface area contributed by atoms with Crippen LogP contribution in [0.4, 0.5) is 11.6 Å². The maximum Gasteiger partial charge on any atom is 0.226 e.